The standard InChI is InChI=1S/C67H124NO8P/c1-6-8-10-12-14-16-18-20-22-24-26-27-28-29-30-31-32-33-34-35-36-37-38-39-40-41-42-44-46-48-50-52-54-56-58-60-67(70)76-65(64-75-77(71,72)74-62-61-68(3,4)5)63-73-66(69)59-57-55-53-51-49-47-45-43-25-23-21-19-17-15-13-11-9-7-2/h8,10,14,16,20,22-23,25-27,65H,6-7,9,11-13,15,17-19,21,24,28-64H2,1-5H3/p+1/b10-8-,16-14-,22-20-,25-23-,27-26-. The highest BCUT2D eigenvalue weighted by Crippen LogP contribution is 2.43. The van der Waals surface area contributed by atoms with Crippen molar-refractivity contribution in [2.24, 2.45) is 0 Å². The Balaban J connectivity index is 3.99. The number of ether oxygens (including phenoxy) is 2. The molecule has 0 saturated carbocycles. The van der Waals surface area contributed by atoms with Gasteiger partial charge >= 0.3 is 19.8 Å². The summed E-state index contributed by atoms with van der Waals surface area (Å²) in [6, 6.07) is 0. The highest BCUT2D eigenvalue weighted by atomic mass is 31.2. The van der Waals surface area contributed by atoms with E-state index in [-0.39, 0.29) is 32.0 Å². The lowest BCUT2D eigenvalue weighted by molar-refractivity contribution is -0.870. The van der Waals surface area contributed by atoms with Gasteiger partial charge in [-0.1, -0.05) is 274 Å². The molecule has 0 aliphatic heterocycles. The SMILES string of the molecule is CC/C=C\C/C=C\C/C=C\C/C=C\CCCCCCCCCCCCCCCCCCCCCCCCC(=O)OC(COC(=O)CCCCCCCCC/C=C\CCCCCCCCC)COP(=O)(O)OCC[N+](C)(C)C. The number of hydrogen-bond donors (Lipinski definition) is 1. The van der Waals surface area contributed by atoms with Gasteiger partial charge in [-0.05, 0) is 77.0 Å². The van der Waals surface area contributed by atoms with Crippen LogP contribution < -0.4 is 0 Å². The molecule has 0 aromatic rings. The van der Waals surface area contributed by atoms with Crippen LogP contribution in [0.1, 0.15) is 303 Å². The average molecular weight is 1100 g/mol. The predicted octanol–water partition coefficient (Wildman–Crippen LogP) is 20.7. The molecule has 10 heteroatoms. The number of likely N-dealkylation sites (N-methyl/N-ethyl adjacent to an activating group) is 1. The number of carbonyl (C=O) groups excluding carboxylic acids is 2. The van der Waals surface area contributed by atoms with Gasteiger partial charge in [0.25, 0.3) is 0 Å². The summed E-state index contributed by atoms with van der Waals surface area (Å²) >= 11 is 0. The molecule has 0 amide bonds. The molecular formula is C67H125NO8P+. The largest absolute Gasteiger partial charge is 0.472 e. The van der Waals surface area contributed by atoms with E-state index in [1.165, 1.54) is 212 Å². The van der Waals surface area contributed by atoms with Gasteiger partial charge in [-0.3, -0.25) is 18.6 Å². The lowest BCUT2D eigenvalue weighted by Crippen LogP contribution is -2.37. The fourth-order valence-electron chi connectivity index (χ4n) is 9.30. The number of hydrogen-bond acceptors (Lipinski definition) is 7. The summed E-state index contributed by atoms with van der Waals surface area (Å²) in [6.45, 7) is 4.35. The van der Waals surface area contributed by atoms with Crippen molar-refractivity contribution >= 4 is 19.8 Å². The molecule has 0 radical (unpaired) electrons. The van der Waals surface area contributed by atoms with Gasteiger partial charge < -0.3 is 18.9 Å². The third kappa shape index (κ3) is 62.8. The highest BCUT2D eigenvalue weighted by molar-refractivity contribution is 7.47. The first-order valence-corrected chi connectivity index (χ1v) is 34.0. The van der Waals surface area contributed by atoms with Crippen molar-refractivity contribution in [3.05, 3.63) is 60.8 Å². The minimum atomic E-state index is -4.39. The van der Waals surface area contributed by atoms with E-state index in [0.717, 1.165) is 57.8 Å². The summed E-state index contributed by atoms with van der Waals surface area (Å²) in [6.07, 6.45) is 76.0. The van der Waals surface area contributed by atoms with E-state index in [1.807, 2.05) is 21.1 Å². The Morgan fingerprint density at radius 1 is 0.416 bits per heavy atom. The van der Waals surface area contributed by atoms with E-state index < -0.39 is 26.5 Å². The maximum absolute atomic E-state index is 12.8. The zero-order chi connectivity index (χ0) is 56.3. The Morgan fingerprint density at radius 2 is 0.740 bits per heavy atom. The first-order valence-electron chi connectivity index (χ1n) is 32.5. The monoisotopic (exact) mass is 1100 g/mol. The topological polar surface area (TPSA) is 108 Å². The second kappa shape index (κ2) is 58.4. The van der Waals surface area contributed by atoms with Crippen LogP contribution in [0.15, 0.2) is 60.8 Å². The van der Waals surface area contributed by atoms with E-state index in [2.05, 4.69) is 74.6 Å². The Kier molecular flexibility index (Phi) is 56.6. The zero-order valence-corrected chi connectivity index (χ0v) is 52.1. The molecule has 0 rings (SSSR count). The molecule has 0 spiro atoms. The number of allylic oxidation sites excluding steroid dienone is 10. The van der Waals surface area contributed by atoms with Gasteiger partial charge in [0.1, 0.15) is 19.8 Å². The second-order valence-corrected chi connectivity index (χ2v) is 24.6. The van der Waals surface area contributed by atoms with Crippen LogP contribution in [0.3, 0.4) is 0 Å². The molecule has 2 unspecified atom stereocenters. The molecule has 1 N–H and O–H groups in total. The van der Waals surface area contributed by atoms with Crippen molar-refractivity contribution in [3.8, 4) is 0 Å². The summed E-state index contributed by atoms with van der Waals surface area (Å²) in [5, 5.41) is 0. The number of esters is 2. The van der Waals surface area contributed by atoms with E-state index in [4.69, 9.17) is 18.5 Å². The molecule has 0 aliphatic rings. The van der Waals surface area contributed by atoms with E-state index in [9.17, 15) is 19.0 Å². The molecule has 450 valence electrons. The van der Waals surface area contributed by atoms with Crippen LogP contribution in [0.4, 0.5) is 0 Å². The van der Waals surface area contributed by atoms with Crippen LogP contribution in [0.5, 0.6) is 0 Å². The predicted molar refractivity (Wildman–Crippen MR) is 330 cm³/mol. The van der Waals surface area contributed by atoms with E-state index >= 15 is 0 Å². The summed E-state index contributed by atoms with van der Waals surface area (Å²) in [7, 11) is 1.49. The number of nitrogens with zero attached hydrogens (tertiary/aromatic N) is 1. The average Bonchev–Trinajstić information content (AvgIpc) is 3.39. The van der Waals surface area contributed by atoms with Gasteiger partial charge in [-0.15, -0.1) is 0 Å². The zero-order valence-electron chi connectivity index (χ0n) is 51.2. The number of carbonyl (C=O) groups is 2. The van der Waals surface area contributed by atoms with Crippen molar-refractivity contribution in [1.29, 1.82) is 0 Å². The lowest BCUT2D eigenvalue weighted by Gasteiger charge is -2.24. The minimum Gasteiger partial charge on any atom is -0.462 e. The number of unbranched alkanes of at least 4 members (excludes halogenated alkanes) is 36. The van der Waals surface area contributed by atoms with Crippen LogP contribution in [-0.4, -0.2) is 74.9 Å². The highest BCUT2D eigenvalue weighted by Gasteiger charge is 2.27. The van der Waals surface area contributed by atoms with Crippen molar-refractivity contribution in [3.63, 3.8) is 0 Å². The van der Waals surface area contributed by atoms with Crippen molar-refractivity contribution in [2.75, 3.05) is 47.5 Å². The van der Waals surface area contributed by atoms with Crippen molar-refractivity contribution in [2.45, 2.75) is 309 Å². The lowest BCUT2D eigenvalue weighted by atomic mass is 10.0. The molecule has 0 aromatic carbocycles. The molecule has 9 nitrogen and oxygen atoms in total. The second-order valence-electron chi connectivity index (χ2n) is 23.1. The third-order valence-electron chi connectivity index (χ3n) is 14.3. The van der Waals surface area contributed by atoms with Gasteiger partial charge in [-0.2, -0.15) is 0 Å². The van der Waals surface area contributed by atoms with Crippen LogP contribution >= 0.6 is 7.82 Å². The Hall–Kier alpha value is -2.29. The van der Waals surface area contributed by atoms with Gasteiger partial charge in [0.2, 0.25) is 0 Å². The maximum atomic E-state index is 12.8. The molecule has 2 atom stereocenters. The minimum absolute atomic E-state index is 0.0321. The Bertz CT molecular complexity index is 1480. The van der Waals surface area contributed by atoms with Gasteiger partial charge in [-0.25, -0.2) is 4.57 Å². The number of rotatable bonds is 60. The third-order valence-corrected chi connectivity index (χ3v) is 15.3. The summed E-state index contributed by atoms with van der Waals surface area (Å²) in [4.78, 5) is 35.8. The van der Waals surface area contributed by atoms with Gasteiger partial charge in [0, 0.05) is 12.8 Å². The van der Waals surface area contributed by atoms with Crippen molar-refractivity contribution < 1.29 is 42.1 Å². The van der Waals surface area contributed by atoms with Crippen LogP contribution in [0, 0.1) is 0 Å². The molecule has 0 aliphatic carbocycles. The molecule has 0 saturated heterocycles. The van der Waals surface area contributed by atoms with E-state index in [0.29, 0.717) is 17.4 Å². The molecule has 77 heavy (non-hydrogen) atoms. The van der Waals surface area contributed by atoms with Crippen LogP contribution in [0.25, 0.3) is 0 Å². The first kappa shape index (κ1) is 74.7. The molecule has 0 fully saturated rings. The van der Waals surface area contributed by atoms with Crippen LogP contribution in [0.2, 0.25) is 0 Å². The summed E-state index contributed by atoms with van der Waals surface area (Å²) < 4.78 is 34.6. The van der Waals surface area contributed by atoms with Gasteiger partial charge in [0.05, 0.1) is 27.7 Å². The molecule has 0 bridgehead atoms. The number of phosphoric acid groups is 1. The smallest absolute Gasteiger partial charge is 0.462 e. The fraction of sp³-hybridized carbons (Fsp3) is 0.821. The Morgan fingerprint density at radius 3 is 1.12 bits per heavy atom. The maximum Gasteiger partial charge on any atom is 0.472 e. The summed E-state index contributed by atoms with van der Waals surface area (Å²) in [5.41, 5.74) is 0. The number of quaternary nitrogens is 1. The normalized spacial score (nSPS) is 13.6. The summed E-state index contributed by atoms with van der Waals surface area (Å²) in [5.74, 6) is -0.789. The quantitative estimate of drug-likeness (QED) is 0.0211. The molecule has 0 aromatic heterocycles. The Labute approximate surface area is 476 Å². The van der Waals surface area contributed by atoms with Crippen molar-refractivity contribution in [1.82, 2.24) is 0 Å². The van der Waals surface area contributed by atoms with Crippen LogP contribution in [-0.2, 0) is 32.7 Å². The molecule has 0 heterocycles. The molecular weight excluding hydrogens is 978 g/mol. The van der Waals surface area contributed by atoms with E-state index in [1.54, 1.807) is 0 Å². The first-order chi connectivity index (χ1) is 37.5. The fourth-order valence-corrected chi connectivity index (χ4v) is 10.0. The van der Waals surface area contributed by atoms with Gasteiger partial charge in [0.15, 0.2) is 6.10 Å². The number of phosphoric ester groups is 1.